The highest BCUT2D eigenvalue weighted by molar-refractivity contribution is 5.49. The molecule has 6 nitrogen and oxygen atoms in total. The van der Waals surface area contributed by atoms with Gasteiger partial charge in [0.05, 0.1) is 4.92 Å². The fourth-order valence-corrected chi connectivity index (χ4v) is 2.02. The Morgan fingerprint density at radius 3 is 2.67 bits per heavy atom. The monoisotopic (exact) mass is 252 g/mol. The molecule has 0 radical (unpaired) electrons. The van der Waals surface area contributed by atoms with Gasteiger partial charge in [0.2, 0.25) is 0 Å². The Kier molecular flexibility index (Phi) is 3.49. The molecular weight excluding hydrogens is 236 g/mol. The van der Waals surface area contributed by atoms with Crippen LogP contribution in [0, 0.1) is 24.0 Å². The highest BCUT2D eigenvalue weighted by Gasteiger charge is 2.27. The van der Waals surface area contributed by atoms with Crippen LogP contribution in [0.1, 0.15) is 11.1 Å². The van der Waals surface area contributed by atoms with E-state index in [4.69, 9.17) is 4.74 Å². The second kappa shape index (κ2) is 4.91. The third-order valence-corrected chi connectivity index (χ3v) is 3.10. The van der Waals surface area contributed by atoms with Gasteiger partial charge < -0.3 is 15.2 Å². The summed E-state index contributed by atoms with van der Waals surface area (Å²) >= 11 is 0. The zero-order valence-corrected chi connectivity index (χ0v) is 10.3. The summed E-state index contributed by atoms with van der Waals surface area (Å²) in [7, 11) is 0. The van der Waals surface area contributed by atoms with E-state index in [1.165, 1.54) is 6.07 Å². The van der Waals surface area contributed by atoms with Gasteiger partial charge in [-0.15, -0.1) is 0 Å². The number of benzene rings is 1. The SMILES string of the molecule is Cc1cc([N+](=O)[O-])c(C)cc1OC1CNCC1O. The summed E-state index contributed by atoms with van der Waals surface area (Å²) in [4.78, 5) is 10.4. The maximum atomic E-state index is 10.8. The minimum atomic E-state index is -0.542. The number of hydrogen-bond acceptors (Lipinski definition) is 5. The molecule has 0 amide bonds. The maximum Gasteiger partial charge on any atom is 0.272 e. The van der Waals surface area contributed by atoms with Crippen LogP contribution in [0.2, 0.25) is 0 Å². The normalized spacial score (nSPS) is 23.1. The van der Waals surface area contributed by atoms with Gasteiger partial charge in [-0.05, 0) is 25.5 Å². The molecule has 18 heavy (non-hydrogen) atoms. The molecule has 2 atom stereocenters. The number of β-amino-alcohol motifs (C(OH)–C–C–N with tert-alkyl or cyclic N) is 1. The van der Waals surface area contributed by atoms with Crippen LogP contribution in [0.3, 0.4) is 0 Å². The molecule has 1 aromatic carbocycles. The molecule has 1 aromatic rings. The van der Waals surface area contributed by atoms with Crippen molar-refractivity contribution in [2.75, 3.05) is 13.1 Å². The second-order valence-corrected chi connectivity index (χ2v) is 4.54. The predicted molar refractivity (Wildman–Crippen MR) is 65.9 cm³/mol. The first-order valence-electron chi connectivity index (χ1n) is 5.80. The van der Waals surface area contributed by atoms with Crippen LogP contribution in [0.25, 0.3) is 0 Å². The van der Waals surface area contributed by atoms with Gasteiger partial charge in [0.1, 0.15) is 18.0 Å². The summed E-state index contributed by atoms with van der Waals surface area (Å²) in [6, 6.07) is 3.15. The topological polar surface area (TPSA) is 84.6 Å². The lowest BCUT2D eigenvalue weighted by Gasteiger charge is -2.18. The van der Waals surface area contributed by atoms with E-state index in [-0.39, 0.29) is 11.8 Å². The van der Waals surface area contributed by atoms with Crippen LogP contribution in [0.4, 0.5) is 5.69 Å². The molecule has 98 valence electrons. The van der Waals surface area contributed by atoms with Crippen LogP contribution in [-0.2, 0) is 0 Å². The number of nitro groups is 1. The molecule has 0 bridgehead atoms. The molecule has 2 unspecified atom stereocenters. The van der Waals surface area contributed by atoms with Crippen molar-refractivity contribution in [2.24, 2.45) is 0 Å². The minimum absolute atomic E-state index is 0.0879. The van der Waals surface area contributed by atoms with Gasteiger partial charge in [-0.1, -0.05) is 0 Å². The molecule has 0 aromatic heterocycles. The molecular formula is C12H16N2O4. The van der Waals surface area contributed by atoms with Crippen molar-refractivity contribution in [1.82, 2.24) is 5.32 Å². The number of aliphatic hydroxyl groups excluding tert-OH is 1. The quantitative estimate of drug-likeness (QED) is 0.617. The third kappa shape index (κ3) is 2.44. The molecule has 0 saturated carbocycles. The van der Waals surface area contributed by atoms with E-state index < -0.39 is 11.0 Å². The average Bonchev–Trinajstić information content (AvgIpc) is 2.69. The summed E-state index contributed by atoms with van der Waals surface area (Å²) in [5.41, 5.74) is 1.34. The van der Waals surface area contributed by atoms with Crippen molar-refractivity contribution in [1.29, 1.82) is 0 Å². The van der Waals surface area contributed by atoms with Crippen molar-refractivity contribution < 1.29 is 14.8 Å². The molecule has 1 aliphatic rings. The first-order chi connectivity index (χ1) is 8.49. The summed E-state index contributed by atoms with van der Waals surface area (Å²) in [5, 5.41) is 23.5. The fourth-order valence-electron chi connectivity index (χ4n) is 2.02. The summed E-state index contributed by atoms with van der Waals surface area (Å²) < 4.78 is 5.70. The van der Waals surface area contributed by atoms with Gasteiger partial charge in [0.15, 0.2) is 0 Å². The number of nitro benzene ring substituents is 1. The lowest BCUT2D eigenvalue weighted by atomic mass is 10.1. The molecule has 0 spiro atoms. The maximum absolute atomic E-state index is 10.8. The lowest BCUT2D eigenvalue weighted by molar-refractivity contribution is -0.385. The first-order valence-corrected chi connectivity index (χ1v) is 5.80. The molecule has 1 fully saturated rings. The Labute approximate surface area is 105 Å². The predicted octanol–water partition coefficient (Wildman–Crippen LogP) is 0.923. The van der Waals surface area contributed by atoms with E-state index >= 15 is 0 Å². The zero-order valence-electron chi connectivity index (χ0n) is 10.3. The highest BCUT2D eigenvalue weighted by atomic mass is 16.6. The van der Waals surface area contributed by atoms with E-state index in [9.17, 15) is 15.2 Å². The van der Waals surface area contributed by atoms with Crippen LogP contribution in [0.5, 0.6) is 5.75 Å². The van der Waals surface area contributed by atoms with Crippen LogP contribution in [0.15, 0.2) is 12.1 Å². The van der Waals surface area contributed by atoms with E-state index in [1.807, 2.05) is 0 Å². The number of aliphatic hydroxyl groups is 1. The van der Waals surface area contributed by atoms with Gasteiger partial charge in [-0.2, -0.15) is 0 Å². The number of rotatable bonds is 3. The number of nitrogens with one attached hydrogen (secondary N) is 1. The Morgan fingerprint density at radius 2 is 2.11 bits per heavy atom. The van der Waals surface area contributed by atoms with Crippen molar-refractivity contribution in [2.45, 2.75) is 26.1 Å². The smallest absolute Gasteiger partial charge is 0.272 e. The fraction of sp³-hybridized carbons (Fsp3) is 0.500. The zero-order chi connectivity index (χ0) is 13.3. The highest BCUT2D eigenvalue weighted by Crippen LogP contribution is 2.28. The number of ether oxygens (including phenoxy) is 1. The third-order valence-electron chi connectivity index (χ3n) is 3.10. The number of nitrogens with zero attached hydrogens (tertiary/aromatic N) is 1. The van der Waals surface area contributed by atoms with Gasteiger partial charge in [-0.3, -0.25) is 10.1 Å². The number of hydrogen-bond donors (Lipinski definition) is 2. The van der Waals surface area contributed by atoms with Crippen molar-refractivity contribution in [3.8, 4) is 5.75 Å². The molecule has 2 rings (SSSR count). The molecule has 1 aliphatic heterocycles. The summed E-state index contributed by atoms with van der Waals surface area (Å²) in [6.07, 6.45) is -0.843. The molecule has 0 aliphatic carbocycles. The Bertz CT molecular complexity index is 475. The molecule has 1 saturated heterocycles. The lowest BCUT2D eigenvalue weighted by Crippen LogP contribution is -2.30. The molecule has 2 N–H and O–H groups in total. The summed E-state index contributed by atoms with van der Waals surface area (Å²) in [5.74, 6) is 0.589. The summed E-state index contributed by atoms with van der Waals surface area (Å²) in [6.45, 7) is 4.52. The van der Waals surface area contributed by atoms with E-state index in [0.717, 1.165) is 0 Å². The van der Waals surface area contributed by atoms with Crippen molar-refractivity contribution >= 4 is 5.69 Å². The van der Waals surface area contributed by atoms with Gasteiger partial charge >= 0.3 is 0 Å². The Morgan fingerprint density at radius 1 is 1.39 bits per heavy atom. The van der Waals surface area contributed by atoms with Crippen LogP contribution >= 0.6 is 0 Å². The van der Waals surface area contributed by atoms with Gasteiger partial charge in [0, 0.05) is 24.7 Å². The van der Waals surface area contributed by atoms with E-state index in [0.29, 0.717) is 30.0 Å². The number of aryl methyl sites for hydroxylation is 2. The minimum Gasteiger partial charge on any atom is -0.486 e. The van der Waals surface area contributed by atoms with Crippen LogP contribution in [-0.4, -0.2) is 35.3 Å². The second-order valence-electron chi connectivity index (χ2n) is 4.54. The Hall–Kier alpha value is -1.66. The first kappa shape index (κ1) is 12.8. The average molecular weight is 252 g/mol. The molecule has 6 heteroatoms. The standard InChI is InChI=1S/C12H16N2O4/c1-7-4-11(8(2)3-9(7)14(16)17)18-12-6-13-5-10(12)15/h3-4,10,12-13,15H,5-6H2,1-2H3. The van der Waals surface area contributed by atoms with Gasteiger partial charge in [-0.25, -0.2) is 0 Å². The van der Waals surface area contributed by atoms with Crippen molar-refractivity contribution in [3.63, 3.8) is 0 Å². The van der Waals surface area contributed by atoms with E-state index in [2.05, 4.69) is 5.32 Å². The largest absolute Gasteiger partial charge is 0.486 e. The van der Waals surface area contributed by atoms with E-state index in [1.54, 1.807) is 19.9 Å². The Balaban J connectivity index is 2.23. The van der Waals surface area contributed by atoms with Gasteiger partial charge in [0.25, 0.3) is 5.69 Å². The van der Waals surface area contributed by atoms with Crippen LogP contribution < -0.4 is 10.1 Å². The van der Waals surface area contributed by atoms with Crippen molar-refractivity contribution in [3.05, 3.63) is 33.4 Å². The molecule has 1 heterocycles.